The number of anilines is 1. The summed E-state index contributed by atoms with van der Waals surface area (Å²) in [4.78, 5) is 37.3. The van der Waals surface area contributed by atoms with E-state index >= 15 is 0 Å². The summed E-state index contributed by atoms with van der Waals surface area (Å²) >= 11 is 8.12. The molecule has 13 heteroatoms. The van der Waals surface area contributed by atoms with Gasteiger partial charge in [0.05, 0.1) is 22.3 Å². The van der Waals surface area contributed by atoms with Gasteiger partial charge in [-0.2, -0.15) is 0 Å². The van der Waals surface area contributed by atoms with Gasteiger partial charge in [-0.3, -0.25) is 9.59 Å². The molecule has 0 spiro atoms. The van der Waals surface area contributed by atoms with Crippen LogP contribution in [0.5, 0.6) is 5.75 Å². The maximum Gasteiger partial charge on any atom is 0.341 e. The first kappa shape index (κ1) is 28.5. The molecule has 2 heterocycles. The van der Waals surface area contributed by atoms with Gasteiger partial charge < -0.3 is 25.1 Å². The Morgan fingerprint density at radius 2 is 1.92 bits per heavy atom. The van der Waals surface area contributed by atoms with Gasteiger partial charge in [0.1, 0.15) is 10.8 Å². The summed E-state index contributed by atoms with van der Waals surface area (Å²) in [6.07, 6.45) is -0.778. The van der Waals surface area contributed by atoms with Crippen LogP contribution in [-0.4, -0.2) is 44.4 Å². The SMILES string of the molecule is Cc1cc(Cl)ccc1OC(C)c1nnc(SCC(=O)Nc2sc(C(N)=O)c(C)c2C(=O)OC(C)C)n1C. The Morgan fingerprint density at radius 3 is 2.54 bits per heavy atom. The summed E-state index contributed by atoms with van der Waals surface area (Å²) in [5, 5.41) is 12.4. The molecule has 0 fully saturated rings. The molecule has 0 saturated heterocycles. The van der Waals surface area contributed by atoms with Crippen molar-refractivity contribution in [3.8, 4) is 5.75 Å². The Bertz CT molecular complexity index is 1340. The molecule has 3 rings (SSSR count). The number of nitrogens with one attached hydrogen (secondary N) is 1. The molecule has 2 aromatic heterocycles. The van der Waals surface area contributed by atoms with Gasteiger partial charge in [-0.15, -0.1) is 21.5 Å². The number of carbonyl (C=O) groups is 3. The molecule has 0 bridgehead atoms. The first-order chi connectivity index (χ1) is 17.4. The fourth-order valence-corrected chi connectivity index (χ4v) is 5.45. The van der Waals surface area contributed by atoms with E-state index in [1.54, 1.807) is 44.5 Å². The van der Waals surface area contributed by atoms with E-state index in [1.165, 1.54) is 11.8 Å². The summed E-state index contributed by atoms with van der Waals surface area (Å²) in [7, 11) is 1.78. The third-order valence-corrected chi connectivity index (χ3v) is 7.65. The van der Waals surface area contributed by atoms with Crippen molar-refractivity contribution in [3.63, 3.8) is 0 Å². The zero-order chi connectivity index (χ0) is 27.4. The molecule has 0 radical (unpaired) electrons. The number of nitrogens with zero attached hydrogens (tertiary/aromatic N) is 3. The number of ether oxygens (including phenoxy) is 2. The molecular weight excluding hydrogens is 538 g/mol. The average molecular weight is 566 g/mol. The molecule has 0 aliphatic rings. The van der Waals surface area contributed by atoms with Crippen molar-refractivity contribution in [1.29, 1.82) is 0 Å². The fraction of sp³-hybridized carbons (Fsp3) is 0.375. The lowest BCUT2D eigenvalue weighted by molar-refractivity contribution is -0.113. The highest BCUT2D eigenvalue weighted by Gasteiger charge is 2.27. The monoisotopic (exact) mass is 565 g/mol. The van der Waals surface area contributed by atoms with Crippen molar-refractivity contribution < 1.29 is 23.9 Å². The third kappa shape index (κ3) is 6.82. The zero-order valence-corrected chi connectivity index (χ0v) is 23.6. The van der Waals surface area contributed by atoms with E-state index in [0.29, 0.717) is 27.3 Å². The highest BCUT2D eigenvalue weighted by molar-refractivity contribution is 7.99. The van der Waals surface area contributed by atoms with Gasteiger partial charge in [-0.25, -0.2) is 4.79 Å². The molecule has 1 aromatic carbocycles. The second kappa shape index (κ2) is 12.0. The summed E-state index contributed by atoms with van der Waals surface area (Å²) in [6.45, 7) is 8.77. The highest BCUT2D eigenvalue weighted by atomic mass is 35.5. The summed E-state index contributed by atoms with van der Waals surface area (Å²) < 4.78 is 13.1. The number of hydrogen-bond donors (Lipinski definition) is 2. The first-order valence-electron chi connectivity index (χ1n) is 11.3. The van der Waals surface area contributed by atoms with Crippen LogP contribution in [0, 0.1) is 13.8 Å². The number of thioether (sulfide) groups is 1. The number of primary amides is 1. The normalized spacial score (nSPS) is 11.9. The lowest BCUT2D eigenvalue weighted by atomic mass is 10.1. The molecule has 10 nitrogen and oxygen atoms in total. The van der Waals surface area contributed by atoms with E-state index in [4.69, 9.17) is 26.8 Å². The quantitative estimate of drug-likeness (QED) is 0.267. The Balaban J connectivity index is 1.69. The van der Waals surface area contributed by atoms with Crippen molar-refractivity contribution >= 4 is 57.5 Å². The predicted octanol–water partition coefficient (Wildman–Crippen LogP) is 4.68. The van der Waals surface area contributed by atoms with Gasteiger partial charge in [0.2, 0.25) is 5.91 Å². The van der Waals surface area contributed by atoms with Crippen LogP contribution in [-0.2, 0) is 16.6 Å². The number of carbonyl (C=O) groups excluding carboxylic acids is 3. The minimum Gasteiger partial charge on any atom is -0.482 e. The number of aryl methyl sites for hydroxylation is 1. The van der Waals surface area contributed by atoms with Crippen LogP contribution in [0.1, 0.15) is 63.9 Å². The summed E-state index contributed by atoms with van der Waals surface area (Å²) in [5.41, 5.74) is 6.82. The van der Waals surface area contributed by atoms with Crippen LogP contribution in [0.15, 0.2) is 23.4 Å². The van der Waals surface area contributed by atoms with Crippen LogP contribution in [0.4, 0.5) is 5.00 Å². The fourth-order valence-electron chi connectivity index (χ4n) is 3.44. The molecule has 198 valence electrons. The third-order valence-electron chi connectivity index (χ3n) is 5.18. The molecular formula is C24H28ClN5O5S2. The molecule has 1 unspecified atom stereocenters. The Labute approximate surface area is 227 Å². The van der Waals surface area contributed by atoms with Crippen molar-refractivity contribution in [2.45, 2.75) is 52.0 Å². The number of rotatable bonds is 10. The number of hydrogen-bond acceptors (Lipinski definition) is 9. The van der Waals surface area contributed by atoms with E-state index < -0.39 is 23.9 Å². The van der Waals surface area contributed by atoms with Gasteiger partial charge in [0, 0.05) is 12.1 Å². The Hall–Kier alpha value is -3.09. The van der Waals surface area contributed by atoms with Crippen LogP contribution in [0.3, 0.4) is 0 Å². The number of amides is 2. The number of halogens is 1. The Kier molecular flexibility index (Phi) is 9.21. The maximum absolute atomic E-state index is 12.7. The number of esters is 1. The van der Waals surface area contributed by atoms with Crippen LogP contribution < -0.4 is 15.8 Å². The maximum atomic E-state index is 12.7. The summed E-state index contributed by atoms with van der Waals surface area (Å²) in [6, 6.07) is 5.36. The number of benzene rings is 1. The van der Waals surface area contributed by atoms with Crippen LogP contribution in [0.25, 0.3) is 0 Å². The second-order valence-electron chi connectivity index (χ2n) is 8.49. The average Bonchev–Trinajstić information content (AvgIpc) is 3.33. The van der Waals surface area contributed by atoms with E-state index in [0.717, 1.165) is 16.9 Å². The van der Waals surface area contributed by atoms with Gasteiger partial charge >= 0.3 is 5.97 Å². The lowest BCUT2D eigenvalue weighted by Gasteiger charge is -2.16. The molecule has 0 saturated carbocycles. The largest absolute Gasteiger partial charge is 0.482 e. The topological polar surface area (TPSA) is 138 Å². The van der Waals surface area contributed by atoms with Crippen LogP contribution in [0.2, 0.25) is 5.02 Å². The highest BCUT2D eigenvalue weighted by Crippen LogP contribution is 2.34. The molecule has 3 N–H and O–H groups in total. The van der Waals surface area contributed by atoms with Gasteiger partial charge in [0.15, 0.2) is 17.1 Å². The molecule has 1 atom stereocenters. The predicted molar refractivity (Wildman–Crippen MR) is 144 cm³/mol. The van der Waals surface area contributed by atoms with Crippen molar-refractivity contribution in [2.24, 2.45) is 12.8 Å². The van der Waals surface area contributed by atoms with E-state index in [9.17, 15) is 14.4 Å². The van der Waals surface area contributed by atoms with Crippen molar-refractivity contribution in [1.82, 2.24) is 14.8 Å². The molecule has 0 aliphatic heterocycles. The standard InChI is InChI=1S/C24H28ClN5O5S2/c1-11(2)34-23(33)18-13(4)19(20(26)32)37-22(18)27-17(31)10-36-24-29-28-21(30(24)6)14(5)35-16-8-7-15(25)9-12(16)3/h7-9,11,14H,10H2,1-6H3,(H2,26,32)(H,27,31). The zero-order valence-electron chi connectivity index (χ0n) is 21.2. The second-order valence-corrected chi connectivity index (χ2v) is 10.9. The van der Waals surface area contributed by atoms with E-state index in [1.807, 2.05) is 19.9 Å². The number of aromatic nitrogens is 3. The van der Waals surface area contributed by atoms with E-state index in [2.05, 4.69) is 15.5 Å². The lowest BCUT2D eigenvalue weighted by Crippen LogP contribution is -2.18. The number of thiophene rings is 1. The Morgan fingerprint density at radius 1 is 1.22 bits per heavy atom. The van der Waals surface area contributed by atoms with Gasteiger partial charge in [0.25, 0.3) is 5.91 Å². The van der Waals surface area contributed by atoms with Crippen molar-refractivity contribution in [3.05, 3.63) is 50.6 Å². The van der Waals surface area contributed by atoms with Crippen LogP contribution >= 0.6 is 34.7 Å². The first-order valence-corrected chi connectivity index (χ1v) is 13.5. The molecule has 2 amide bonds. The molecule has 3 aromatic rings. The number of nitrogens with two attached hydrogens (primary N) is 1. The van der Waals surface area contributed by atoms with Gasteiger partial charge in [-0.1, -0.05) is 23.4 Å². The molecule has 0 aliphatic carbocycles. The van der Waals surface area contributed by atoms with Gasteiger partial charge in [-0.05, 0) is 63.9 Å². The minimum absolute atomic E-state index is 0.0149. The van der Waals surface area contributed by atoms with Crippen molar-refractivity contribution in [2.75, 3.05) is 11.1 Å². The smallest absolute Gasteiger partial charge is 0.341 e. The molecule has 37 heavy (non-hydrogen) atoms. The summed E-state index contributed by atoms with van der Waals surface area (Å²) in [5.74, 6) is -0.474. The van der Waals surface area contributed by atoms with E-state index in [-0.39, 0.29) is 27.3 Å². The minimum atomic E-state index is -0.687.